The van der Waals surface area contributed by atoms with Crippen LogP contribution in [0, 0.1) is 5.41 Å². The lowest BCUT2D eigenvalue weighted by molar-refractivity contribution is 1.30. The van der Waals surface area contributed by atoms with Gasteiger partial charge in [0.2, 0.25) is 0 Å². The van der Waals surface area contributed by atoms with Crippen molar-refractivity contribution in [2.45, 2.75) is 6.42 Å². The van der Waals surface area contributed by atoms with Gasteiger partial charge in [0.15, 0.2) is 0 Å². The first-order valence-electron chi connectivity index (χ1n) is 3.04. The number of nitrogens with zero attached hydrogens (tertiary/aromatic N) is 1. The van der Waals surface area contributed by atoms with Crippen molar-refractivity contribution in [3.05, 3.63) is 23.9 Å². The Labute approximate surface area is 59.5 Å². The highest BCUT2D eigenvalue weighted by Crippen LogP contribution is 2.01. The van der Waals surface area contributed by atoms with Crippen LogP contribution in [0.1, 0.15) is 6.42 Å². The molecule has 3 nitrogen and oxygen atoms in total. The predicted octanol–water partition coefficient (Wildman–Crippen LogP) is 0.837. The maximum atomic E-state index is 7.05. The molecule has 52 valence electrons. The number of nitrogens with one attached hydrogen (secondary N) is 1. The second kappa shape index (κ2) is 2.96. The van der Waals surface area contributed by atoms with Crippen molar-refractivity contribution in [2.75, 3.05) is 0 Å². The van der Waals surface area contributed by atoms with Gasteiger partial charge in [0.1, 0.15) is 11.5 Å². The van der Waals surface area contributed by atoms with Crippen LogP contribution in [0.5, 0.6) is 0 Å². The van der Waals surface area contributed by atoms with Gasteiger partial charge < -0.3 is 5.73 Å². The molecule has 1 heterocycles. The van der Waals surface area contributed by atoms with Crippen LogP contribution in [-0.2, 0) is 0 Å². The summed E-state index contributed by atoms with van der Waals surface area (Å²) in [7, 11) is 0. The van der Waals surface area contributed by atoms with Gasteiger partial charge in [-0.05, 0) is 12.5 Å². The first kappa shape index (κ1) is 6.74. The highest BCUT2D eigenvalue weighted by atomic mass is 14.8. The van der Waals surface area contributed by atoms with E-state index in [0.29, 0.717) is 5.70 Å². The van der Waals surface area contributed by atoms with Crippen LogP contribution in [0.2, 0.25) is 0 Å². The Morgan fingerprint density at radius 2 is 2.50 bits per heavy atom. The summed E-state index contributed by atoms with van der Waals surface area (Å²) in [5.74, 6) is 0.0277. The van der Waals surface area contributed by atoms with Gasteiger partial charge in [-0.1, -0.05) is 12.2 Å². The van der Waals surface area contributed by atoms with E-state index in [1.165, 1.54) is 0 Å². The second-order valence-electron chi connectivity index (χ2n) is 1.95. The van der Waals surface area contributed by atoms with E-state index in [-0.39, 0.29) is 5.84 Å². The maximum absolute atomic E-state index is 7.05. The van der Waals surface area contributed by atoms with Gasteiger partial charge in [-0.3, -0.25) is 10.4 Å². The van der Waals surface area contributed by atoms with Crippen LogP contribution in [0.3, 0.4) is 0 Å². The molecule has 0 saturated heterocycles. The Balaban J connectivity index is 2.78. The SMILES string of the molecule is N=C(N)C1=CCC=CC=N1. The molecule has 0 saturated carbocycles. The highest BCUT2D eigenvalue weighted by Gasteiger charge is 1.96. The van der Waals surface area contributed by atoms with Gasteiger partial charge in [0, 0.05) is 6.21 Å². The van der Waals surface area contributed by atoms with Crippen LogP contribution in [0.15, 0.2) is 28.9 Å². The van der Waals surface area contributed by atoms with Crippen molar-refractivity contribution < 1.29 is 0 Å². The molecule has 0 fully saturated rings. The topological polar surface area (TPSA) is 62.2 Å². The Morgan fingerprint density at radius 3 is 3.20 bits per heavy atom. The molecule has 0 aromatic carbocycles. The zero-order valence-electron chi connectivity index (χ0n) is 5.54. The van der Waals surface area contributed by atoms with E-state index >= 15 is 0 Å². The second-order valence-corrected chi connectivity index (χ2v) is 1.95. The van der Waals surface area contributed by atoms with Crippen molar-refractivity contribution in [3.8, 4) is 0 Å². The summed E-state index contributed by atoms with van der Waals surface area (Å²) in [6, 6.07) is 0. The molecule has 0 amide bonds. The van der Waals surface area contributed by atoms with E-state index in [0.717, 1.165) is 6.42 Å². The minimum atomic E-state index is 0.0277. The molecular weight excluding hydrogens is 126 g/mol. The first-order chi connectivity index (χ1) is 4.80. The molecule has 1 aliphatic rings. The number of aliphatic imine (C=N–C) groups is 1. The van der Waals surface area contributed by atoms with Crippen molar-refractivity contribution in [1.29, 1.82) is 5.41 Å². The fraction of sp³-hybridized carbons (Fsp3) is 0.143. The molecule has 1 aliphatic heterocycles. The number of allylic oxidation sites excluding steroid dienone is 3. The first-order valence-corrected chi connectivity index (χ1v) is 3.04. The van der Waals surface area contributed by atoms with E-state index in [4.69, 9.17) is 11.1 Å². The van der Waals surface area contributed by atoms with E-state index in [2.05, 4.69) is 4.99 Å². The average molecular weight is 135 g/mol. The van der Waals surface area contributed by atoms with Crippen molar-refractivity contribution >= 4 is 12.1 Å². The zero-order valence-corrected chi connectivity index (χ0v) is 5.54. The quantitative estimate of drug-likeness (QED) is 0.406. The van der Waals surface area contributed by atoms with E-state index in [1.54, 1.807) is 6.21 Å². The van der Waals surface area contributed by atoms with Gasteiger partial charge in [-0.2, -0.15) is 0 Å². The van der Waals surface area contributed by atoms with E-state index in [9.17, 15) is 0 Å². The third kappa shape index (κ3) is 1.55. The molecule has 0 bridgehead atoms. The monoisotopic (exact) mass is 135 g/mol. The number of rotatable bonds is 1. The van der Waals surface area contributed by atoms with Crippen molar-refractivity contribution in [2.24, 2.45) is 10.7 Å². The fourth-order valence-corrected chi connectivity index (χ4v) is 0.675. The van der Waals surface area contributed by atoms with Gasteiger partial charge in [-0.25, -0.2) is 0 Å². The fourth-order valence-electron chi connectivity index (χ4n) is 0.675. The van der Waals surface area contributed by atoms with Gasteiger partial charge in [-0.15, -0.1) is 0 Å². The molecule has 0 spiro atoms. The lowest BCUT2D eigenvalue weighted by Gasteiger charge is -1.93. The number of amidine groups is 1. The summed E-state index contributed by atoms with van der Waals surface area (Å²) >= 11 is 0. The number of nitrogens with two attached hydrogens (primary N) is 1. The molecular formula is C7H9N3. The summed E-state index contributed by atoms with van der Waals surface area (Å²) in [5, 5.41) is 7.05. The summed E-state index contributed by atoms with van der Waals surface area (Å²) < 4.78 is 0. The molecule has 0 aliphatic carbocycles. The third-order valence-corrected chi connectivity index (χ3v) is 1.16. The highest BCUT2D eigenvalue weighted by molar-refractivity contribution is 5.96. The minimum absolute atomic E-state index is 0.0277. The summed E-state index contributed by atoms with van der Waals surface area (Å²) in [6.07, 6.45) is 8.06. The largest absolute Gasteiger partial charge is 0.382 e. The predicted molar refractivity (Wildman–Crippen MR) is 42.2 cm³/mol. The van der Waals surface area contributed by atoms with Crippen LogP contribution in [0.25, 0.3) is 0 Å². The molecule has 0 unspecified atom stereocenters. The Morgan fingerprint density at radius 1 is 1.70 bits per heavy atom. The summed E-state index contributed by atoms with van der Waals surface area (Å²) in [5.41, 5.74) is 5.77. The van der Waals surface area contributed by atoms with Gasteiger partial charge >= 0.3 is 0 Å². The molecule has 3 heteroatoms. The Hall–Kier alpha value is -1.38. The Bertz CT molecular complexity index is 223. The van der Waals surface area contributed by atoms with Crippen LogP contribution in [-0.4, -0.2) is 12.1 Å². The van der Waals surface area contributed by atoms with E-state index < -0.39 is 0 Å². The van der Waals surface area contributed by atoms with Crippen LogP contribution < -0.4 is 5.73 Å². The van der Waals surface area contributed by atoms with Gasteiger partial charge in [0.05, 0.1) is 0 Å². The average Bonchev–Trinajstić information content (AvgIpc) is 2.12. The van der Waals surface area contributed by atoms with Crippen LogP contribution >= 0.6 is 0 Å². The normalized spacial score (nSPS) is 16.2. The minimum Gasteiger partial charge on any atom is -0.382 e. The number of hydrogen-bond donors (Lipinski definition) is 2. The standard InChI is InChI=1S/C7H9N3/c8-7(9)6-4-2-1-3-5-10-6/h1,3-5H,2H2,(H3,8,9). The summed E-state index contributed by atoms with van der Waals surface area (Å²) in [4.78, 5) is 3.92. The van der Waals surface area contributed by atoms with Crippen molar-refractivity contribution in [1.82, 2.24) is 0 Å². The number of hydrogen-bond acceptors (Lipinski definition) is 2. The third-order valence-electron chi connectivity index (χ3n) is 1.16. The van der Waals surface area contributed by atoms with Crippen molar-refractivity contribution in [3.63, 3.8) is 0 Å². The lowest BCUT2D eigenvalue weighted by atomic mass is 10.3. The molecule has 0 aromatic rings. The van der Waals surface area contributed by atoms with Gasteiger partial charge in [0.25, 0.3) is 0 Å². The van der Waals surface area contributed by atoms with E-state index in [1.807, 2.05) is 18.2 Å². The maximum Gasteiger partial charge on any atom is 0.141 e. The van der Waals surface area contributed by atoms with Crippen LogP contribution in [0.4, 0.5) is 0 Å². The summed E-state index contributed by atoms with van der Waals surface area (Å²) in [6.45, 7) is 0. The smallest absolute Gasteiger partial charge is 0.141 e. The zero-order chi connectivity index (χ0) is 7.40. The lowest BCUT2D eigenvalue weighted by Crippen LogP contribution is -2.11. The molecule has 10 heavy (non-hydrogen) atoms. The molecule has 0 radical (unpaired) electrons. The molecule has 3 N–H and O–H groups in total. The molecule has 0 aromatic heterocycles. The molecule has 0 atom stereocenters. The molecule has 1 rings (SSSR count). The Kier molecular flexibility index (Phi) is 1.99.